The molecular weight excluding hydrogens is 458 g/mol. The summed E-state index contributed by atoms with van der Waals surface area (Å²) in [6.07, 6.45) is 1.83. The molecule has 0 aliphatic carbocycles. The number of carbonyl (C=O) groups excluding carboxylic acids is 1. The van der Waals surface area contributed by atoms with Gasteiger partial charge < -0.3 is 19.7 Å². The third kappa shape index (κ3) is 5.84. The second-order valence-electron chi connectivity index (χ2n) is 8.20. The summed E-state index contributed by atoms with van der Waals surface area (Å²) in [5, 5.41) is 2.91. The Labute approximate surface area is 200 Å². The van der Waals surface area contributed by atoms with Crippen molar-refractivity contribution < 1.29 is 22.7 Å². The lowest BCUT2D eigenvalue weighted by molar-refractivity contribution is -0.116. The molecule has 1 aromatic carbocycles. The highest BCUT2D eigenvalue weighted by Crippen LogP contribution is 2.23. The Morgan fingerprint density at radius 2 is 1.79 bits per heavy atom. The van der Waals surface area contributed by atoms with E-state index in [4.69, 9.17) is 9.47 Å². The van der Waals surface area contributed by atoms with Gasteiger partial charge in [-0.15, -0.1) is 0 Å². The second-order valence-corrected chi connectivity index (χ2v) is 10.1. The molecule has 2 saturated heterocycles. The number of benzene rings is 1. The lowest BCUT2D eigenvalue weighted by Gasteiger charge is -2.35. The van der Waals surface area contributed by atoms with Crippen LogP contribution in [0.1, 0.15) is 6.42 Å². The van der Waals surface area contributed by atoms with E-state index in [2.05, 4.69) is 20.1 Å². The molecule has 11 heteroatoms. The molecular formula is C23H31N5O5S. The number of nitrogens with zero attached hydrogens (tertiary/aromatic N) is 4. The number of piperazine rings is 1. The summed E-state index contributed by atoms with van der Waals surface area (Å²) in [5.41, 5.74) is 0.671. The van der Waals surface area contributed by atoms with Gasteiger partial charge in [-0.25, -0.2) is 13.4 Å². The number of carbonyl (C=O) groups is 1. The van der Waals surface area contributed by atoms with Crippen molar-refractivity contribution in [3.05, 3.63) is 42.6 Å². The number of para-hydroxylation sites is 2. The molecule has 4 rings (SSSR count). The minimum absolute atomic E-state index is 0.0503. The van der Waals surface area contributed by atoms with Crippen LogP contribution < -0.4 is 15.0 Å². The average molecular weight is 490 g/mol. The van der Waals surface area contributed by atoms with E-state index in [0.29, 0.717) is 50.7 Å². The number of ether oxygens (including phenoxy) is 2. The summed E-state index contributed by atoms with van der Waals surface area (Å²) in [4.78, 5) is 21.4. The first-order valence-corrected chi connectivity index (χ1v) is 12.9. The predicted molar refractivity (Wildman–Crippen MR) is 129 cm³/mol. The largest absolute Gasteiger partial charge is 0.495 e. The summed E-state index contributed by atoms with van der Waals surface area (Å²) in [7, 11) is -1.96. The fourth-order valence-electron chi connectivity index (χ4n) is 4.07. The molecule has 0 atom stereocenters. The lowest BCUT2D eigenvalue weighted by atomic mass is 10.2. The molecule has 2 aliphatic heterocycles. The molecule has 0 spiro atoms. The van der Waals surface area contributed by atoms with E-state index >= 15 is 0 Å². The molecule has 0 unspecified atom stereocenters. The van der Waals surface area contributed by atoms with Crippen LogP contribution in [0.5, 0.6) is 5.75 Å². The van der Waals surface area contributed by atoms with Crippen LogP contribution in [0, 0.1) is 0 Å². The van der Waals surface area contributed by atoms with Crippen LogP contribution in [0.3, 0.4) is 0 Å². The zero-order valence-electron chi connectivity index (χ0n) is 19.4. The Morgan fingerprint density at radius 1 is 1.06 bits per heavy atom. The highest BCUT2D eigenvalue weighted by Gasteiger charge is 2.27. The SMILES string of the molecule is COc1ccccc1NC(=O)CCN1CCN(c2ccc(S(=O)(=O)N3CCOCC3)cn2)CC1. The number of morpholine rings is 1. The Kier molecular flexibility index (Phi) is 7.99. The first-order valence-electron chi connectivity index (χ1n) is 11.4. The third-order valence-electron chi connectivity index (χ3n) is 6.06. The number of amides is 1. The number of hydrogen-bond acceptors (Lipinski definition) is 8. The standard InChI is InChI=1S/C23H31N5O5S/c1-32-21-5-3-2-4-20(21)25-23(29)8-9-26-10-12-27(13-11-26)22-7-6-19(18-24-22)34(30,31)28-14-16-33-17-15-28/h2-7,18H,8-17H2,1H3,(H,25,29). The molecule has 1 amide bonds. The molecule has 34 heavy (non-hydrogen) atoms. The van der Waals surface area contributed by atoms with Crippen LogP contribution in [0.25, 0.3) is 0 Å². The molecule has 2 aromatic rings. The van der Waals surface area contributed by atoms with Gasteiger partial charge in [-0.05, 0) is 24.3 Å². The first kappa shape index (κ1) is 24.4. The molecule has 0 radical (unpaired) electrons. The molecule has 10 nitrogen and oxygen atoms in total. The summed E-state index contributed by atoms with van der Waals surface area (Å²) in [5.74, 6) is 1.35. The van der Waals surface area contributed by atoms with Crippen LogP contribution in [0.4, 0.5) is 11.5 Å². The molecule has 2 fully saturated rings. The molecule has 1 N–H and O–H groups in total. The second kappa shape index (κ2) is 11.1. The van der Waals surface area contributed by atoms with Crippen molar-refractivity contribution in [2.24, 2.45) is 0 Å². The van der Waals surface area contributed by atoms with Gasteiger partial charge in [-0.1, -0.05) is 12.1 Å². The van der Waals surface area contributed by atoms with Crippen LogP contribution >= 0.6 is 0 Å². The number of pyridine rings is 1. The minimum atomic E-state index is -3.54. The Morgan fingerprint density at radius 3 is 2.47 bits per heavy atom. The summed E-state index contributed by atoms with van der Waals surface area (Å²) >= 11 is 0. The van der Waals surface area contributed by atoms with Gasteiger partial charge in [0.1, 0.15) is 16.5 Å². The Hall–Kier alpha value is -2.73. The first-order chi connectivity index (χ1) is 16.5. The number of rotatable bonds is 8. The zero-order valence-corrected chi connectivity index (χ0v) is 20.2. The van der Waals surface area contributed by atoms with Crippen molar-refractivity contribution >= 4 is 27.4 Å². The molecule has 0 bridgehead atoms. The molecule has 0 saturated carbocycles. The van der Waals surface area contributed by atoms with Gasteiger partial charge in [0.05, 0.1) is 26.0 Å². The minimum Gasteiger partial charge on any atom is -0.495 e. The Bertz CT molecular complexity index is 1070. The fourth-order valence-corrected chi connectivity index (χ4v) is 5.42. The van der Waals surface area contributed by atoms with Crippen molar-refractivity contribution in [3.8, 4) is 5.75 Å². The fraction of sp³-hybridized carbons (Fsp3) is 0.478. The van der Waals surface area contributed by atoms with Gasteiger partial charge in [0.15, 0.2) is 0 Å². The number of methoxy groups -OCH3 is 1. The maximum absolute atomic E-state index is 12.8. The van der Waals surface area contributed by atoms with Crippen LogP contribution in [0.15, 0.2) is 47.5 Å². The van der Waals surface area contributed by atoms with E-state index in [-0.39, 0.29) is 10.8 Å². The van der Waals surface area contributed by atoms with Crippen LogP contribution in [-0.2, 0) is 19.6 Å². The van der Waals surface area contributed by atoms with E-state index in [1.807, 2.05) is 24.3 Å². The predicted octanol–water partition coefficient (Wildman–Crippen LogP) is 1.26. The van der Waals surface area contributed by atoms with Gasteiger partial charge in [0, 0.05) is 58.4 Å². The lowest BCUT2D eigenvalue weighted by Crippen LogP contribution is -2.47. The van der Waals surface area contributed by atoms with Crippen molar-refractivity contribution in [1.82, 2.24) is 14.2 Å². The van der Waals surface area contributed by atoms with Crippen LogP contribution in [0.2, 0.25) is 0 Å². The summed E-state index contributed by atoms with van der Waals surface area (Å²) < 4.78 is 37.5. The summed E-state index contributed by atoms with van der Waals surface area (Å²) in [6.45, 7) is 5.35. The normalized spacial score (nSPS) is 18.0. The maximum atomic E-state index is 12.8. The van der Waals surface area contributed by atoms with E-state index in [9.17, 15) is 13.2 Å². The molecule has 3 heterocycles. The quantitative estimate of drug-likeness (QED) is 0.591. The highest BCUT2D eigenvalue weighted by molar-refractivity contribution is 7.89. The van der Waals surface area contributed by atoms with Gasteiger partial charge in [-0.3, -0.25) is 9.69 Å². The van der Waals surface area contributed by atoms with Gasteiger partial charge in [0.25, 0.3) is 0 Å². The van der Waals surface area contributed by atoms with Crippen LogP contribution in [-0.4, -0.2) is 94.7 Å². The topological polar surface area (TPSA) is 104 Å². The smallest absolute Gasteiger partial charge is 0.244 e. The van der Waals surface area contributed by atoms with Crippen molar-refractivity contribution in [2.45, 2.75) is 11.3 Å². The zero-order chi connectivity index (χ0) is 24.0. The average Bonchev–Trinajstić information content (AvgIpc) is 2.89. The van der Waals surface area contributed by atoms with Crippen molar-refractivity contribution in [3.63, 3.8) is 0 Å². The number of anilines is 2. The highest BCUT2D eigenvalue weighted by atomic mass is 32.2. The van der Waals surface area contributed by atoms with E-state index < -0.39 is 10.0 Å². The monoisotopic (exact) mass is 489 g/mol. The van der Waals surface area contributed by atoms with Crippen molar-refractivity contribution in [2.75, 3.05) is 76.4 Å². The van der Waals surface area contributed by atoms with E-state index in [1.165, 1.54) is 10.5 Å². The number of nitrogens with one attached hydrogen (secondary N) is 1. The summed E-state index contributed by atoms with van der Waals surface area (Å²) in [6, 6.07) is 10.7. The van der Waals surface area contributed by atoms with Gasteiger partial charge in [0.2, 0.25) is 15.9 Å². The number of hydrogen-bond donors (Lipinski definition) is 1. The van der Waals surface area contributed by atoms with E-state index in [0.717, 1.165) is 32.0 Å². The molecule has 184 valence electrons. The third-order valence-corrected chi connectivity index (χ3v) is 7.94. The van der Waals surface area contributed by atoms with Gasteiger partial charge in [-0.2, -0.15) is 4.31 Å². The Balaban J connectivity index is 1.25. The molecule has 1 aromatic heterocycles. The van der Waals surface area contributed by atoms with Crippen molar-refractivity contribution in [1.29, 1.82) is 0 Å². The molecule has 2 aliphatic rings. The van der Waals surface area contributed by atoms with Gasteiger partial charge >= 0.3 is 0 Å². The van der Waals surface area contributed by atoms with E-state index in [1.54, 1.807) is 19.2 Å². The maximum Gasteiger partial charge on any atom is 0.244 e. The number of aromatic nitrogens is 1. The number of sulfonamides is 1.